The highest BCUT2D eigenvalue weighted by Crippen LogP contribution is 2.39. The number of fused-ring (bicyclic) bond motifs is 1. The van der Waals surface area contributed by atoms with Gasteiger partial charge in [-0.3, -0.25) is 9.88 Å². The predicted molar refractivity (Wildman–Crippen MR) is 219 cm³/mol. The number of aliphatic hydroxyl groups is 1. The molecule has 56 heavy (non-hydrogen) atoms. The molecular formula is C45H55ClN4O6. The van der Waals surface area contributed by atoms with Gasteiger partial charge in [0, 0.05) is 56.2 Å². The van der Waals surface area contributed by atoms with Crippen LogP contribution in [-0.4, -0.2) is 78.2 Å². The van der Waals surface area contributed by atoms with Crippen LogP contribution >= 0.6 is 11.6 Å². The van der Waals surface area contributed by atoms with Crippen LogP contribution in [0.3, 0.4) is 0 Å². The third-order valence-corrected chi connectivity index (χ3v) is 10.7. The number of ether oxygens (including phenoxy) is 4. The van der Waals surface area contributed by atoms with Crippen LogP contribution in [0.15, 0.2) is 67.0 Å². The van der Waals surface area contributed by atoms with Gasteiger partial charge >= 0.3 is 0 Å². The zero-order valence-electron chi connectivity index (χ0n) is 33.1. The van der Waals surface area contributed by atoms with Gasteiger partial charge in [0.15, 0.2) is 11.5 Å². The van der Waals surface area contributed by atoms with E-state index in [2.05, 4.69) is 52.0 Å². The predicted octanol–water partition coefficient (Wildman–Crippen LogP) is 8.55. The number of aldehydes is 1. The van der Waals surface area contributed by atoms with Crippen molar-refractivity contribution < 1.29 is 28.8 Å². The van der Waals surface area contributed by atoms with E-state index >= 15 is 0 Å². The smallest absolute Gasteiger partial charge is 0.162 e. The van der Waals surface area contributed by atoms with E-state index in [-0.39, 0.29) is 18.8 Å². The lowest BCUT2D eigenvalue weighted by atomic mass is 9.96. The Morgan fingerprint density at radius 2 is 1.73 bits per heavy atom. The fraction of sp³-hybridized carbons (Fsp3) is 0.444. The van der Waals surface area contributed by atoms with Gasteiger partial charge in [0.25, 0.3) is 0 Å². The van der Waals surface area contributed by atoms with E-state index in [1.54, 1.807) is 12.3 Å². The average molecular weight is 783 g/mol. The number of nitriles is 1. The summed E-state index contributed by atoms with van der Waals surface area (Å²) in [5.74, 6) is 2.68. The molecule has 1 N–H and O–H groups in total. The number of nitrogens with zero attached hydrogens (tertiary/aromatic N) is 4. The number of benzene rings is 3. The summed E-state index contributed by atoms with van der Waals surface area (Å²) in [5.41, 5.74) is 6.39. The average Bonchev–Trinajstić information content (AvgIpc) is 3.78. The van der Waals surface area contributed by atoms with E-state index in [0.717, 1.165) is 97.0 Å². The molecule has 7 rings (SSSR count). The van der Waals surface area contributed by atoms with E-state index in [4.69, 9.17) is 35.7 Å². The molecule has 4 aromatic rings. The summed E-state index contributed by atoms with van der Waals surface area (Å²) in [7, 11) is 1.00. The highest BCUT2D eigenvalue weighted by atomic mass is 35.5. The van der Waals surface area contributed by atoms with Gasteiger partial charge < -0.3 is 33.7 Å². The molecule has 2 saturated heterocycles. The number of likely N-dealkylation sites (tertiary alicyclic amines) is 2. The van der Waals surface area contributed by atoms with Crippen LogP contribution < -0.4 is 18.9 Å². The van der Waals surface area contributed by atoms with Gasteiger partial charge in [-0.2, -0.15) is 5.26 Å². The molecule has 3 aliphatic rings. The molecule has 3 aromatic carbocycles. The lowest BCUT2D eigenvalue weighted by Crippen LogP contribution is -2.39. The molecular weight excluding hydrogens is 728 g/mol. The minimum atomic E-state index is -0.140. The summed E-state index contributed by atoms with van der Waals surface area (Å²) in [5, 5.41) is 16.8. The molecule has 0 amide bonds. The molecule has 1 unspecified atom stereocenters. The first kappa shape index (κ1) is 42.5. The minimum absolute atomic E-state index is 0.0415. The molecule has 2 atom stereocenters. The third kappa shape index (κ3) is 11.0. The molecule has 1 aromatic heterocycles. The van der Waals surface area contributed by atoms with Crippen molar-refractivity contribution in [3.05, 3.63) is 99.8 Å². The fourth-order valence-corrected chi connectivity index (χ4v) is 7.63. The first-order valence-corrected chi connectivity index (χ1v) is 20.2. The number of rotatable bonds is 13. The number of aromatic nitrogens is 1. The van der Waals surface area contributed by atoms with Crippen molar-refractivity contribution in [1.29, 1.82) is 5.26 Å². The van der Waals surface area contributed by atoms with Gasteiger partial charge in [0.2, 0.25) is 0 Å². The van der Waals surface area contributed by atoms with Crippen LogP contribution in [0.25, 0.3) is 11.1 Å². The number of carbonyl (C=O) groups is 1. The number of hydrogen-bond donors (Lipinski definition) is 1. The first-order chi connectivity index (χ1) is 27.5. The maximum Gasteiger partial charge on any atom is 0.162 e. The second-order valence-electron chi connectivity index (χ2n) is 14.0. The van der Waals surface area contributed by atoms with Crippen molar-refractivity contribution in [3.63, 3.8) is 0 Å². The summed E-state index contributed by atoms with van der Waals surface area (Å²) in [6.07, 6.45) is 10.7. The van der Waals surface area contributed by atoms with E-state index in [0.29, 0.717) is 41.8 Å². The normalized spacial score (nSPS) is 17.7. The molecule has 0 saturated carbocycles. The summed E-state index contributed by atoms with van der Waals surface area (Å²) < 4.78 is 25.3. The zero-order chi connectivity index (χ0) is 39.9. The third-order valence-electron chi connectivity index (χ3n) is 10.4. The largest absolute Gasteiger partial charge is 0.488 e. The van der Waals surface area contributed by atoms with Crippen molar-refractivity contribution in [1.82, 2.24) is 14.8 Å². The van der Waals surface area contributed by atoms with Crippen LogP contribution in [0.4, 0.5) is 0 Å². The molecule has 10 nitrogen and oxygen atoms in total. The van der Waals surface area contributed by atoms with Gasteiger partial charge in [-0.25, -0.2) is 0 Å². The van der Waals surface area contributed by atoms with Gasteiger partial charge in [-0.15, -0.1) is 0 Å². The number of carbonyl (C=O) groups excluding carboxylic acids is 1. The highest BCUT2D eigenvalue weighted by Gasteiger charge is 2.25. The van der Waals surface area contributed by atoms with E-state index in [1.807, 2.05) is 38.1 Å². The van der Waals surface area contributed by atoms with Gasteiger partial charge in [-0.1, -0.05) is 56.1 Å². The number of pyridine rings is 1. The van der Waals surface area contributed by atoms with Crippen molar-refractivity contribution in [3.8, 4) is 40.2 Å². The Hall–Kier alpha value is -4.66. The van der Waals surface area contributed by atoms with Gasteiger partial charge in [-0.05, 0) is 98.8 Å². The number of aliphatic hydroxyl groups excluding tert-OH is 1. The maximum atomic E-state index is 11.9. The first-order valence-electron chi connectivity index (χ1n) is 19.8. The molecule has 2 fully saturated rings. The van der Waals surface area contributed by atoms with Crippen molar-refractivity contribution >= 4 is 17.9 Å². The molecule has 11 heteroatoms. The highest BCUT2D eigenvalue weighted by molar-refractivity contribution is 6.32. The van der Waals surface area contributed by atoms with E-state index in [9.17, 15) is 10.1 Å². The van der Waals surface area contributed by atoms with Gasteiger partial charge in [0.05, 0.1) is 16.6 Å². The van der Waals surface area contributed by atoms with Crippen molar-refractivity contribution in [2.45, 2.75) is 91.2 Å². The Balaban J connectivity index is 0.00000145. The quantitative estimate of drug-likeness (QED) is 0.132. The lowest BCUT2D eigenvalue weighted by Gasteiger charge is -2.32. The molecule has 4 heterocycles. The number of hydrogen-bond acceptors (Lipinski definition) is 10. The standard InChI is InChI=1S/C42H45ClN4O5.C2H6.CH4O/c1-29-33(7-6-9-37(29)32-10-11-39-42(19-32)52-36(28-51-39)12-16-46-13-4-5-14-46)27-50-41-20-40(49-26-31-17-30(21-44)22-45-23-31)34(18-38(41)43)24-47-15-3-2-8-35(47)25-48;2*1-2/h6-7,9-11,17-20,22-23,25,35-36H,2-5,8,12-16,24,26-28H2,1H3;1-2H3;2H,1H3/t35-,36?;;/m0../s1. The summed E-state index contributed by atoms with van der Waals surface area (Å²) >= 11 is 6.87. The van der Waals surface area contributed by atoms with E-state index in [1.165, 1.54) is 32.1 Å². The molecule has 0 radical (unpaired) electrons. The molecule has 3 aliphatic heterocycles. The minimum Gasteiger partial charge on any atom is -0.488 e. The molecule has 0 aliphatic carbocycles. The van der Waals surface area contributed by atoms with Crippen molar-refractivity contribution in [2.24, 2.45) is 0 Å². The summed E-state index contributed by atoms with van der Waals surface area (Å²) in [6, 6.07) is 19.9. The molecule has 298 valence electrons. The SMILES string of the molecule is CC.CO.Cc1c(COc2cc(OCc3cncc(C#N)c3)c(CN3CCCC[C@H]3C=O)cc2Cl)cccc1-c1ccc2c(c1)OC(CCN1CCCC1)CO2. The Kier molecular flexibility index (Phi) is 16.4. The second kappa shape index (κ2) is 21.6. The fourth-order valence-electron chi connectivity index (χ4n) is 7.39. The Morgan fingerprint density at radius 1 is 0.946 bits per heavy atom. The van der Waals surface area contributed by atoms with Crippen LogP contribution in [0.1, 0.15) is 80.2 Å². The van der Waals surface area contributed by atoms with Crippen LogP contribution in [0.5, 0.6) is 23.0 Å². The second-order valence-corrected chi connectivity index (χ2v) is 14.4. The van der Waals surface area contributed by atoms with Crippen molar-refractivity contribution in [2.75, 3.05) is 39.9 Å². The van der Waals surface area contributed by atoms with Crippen LogP contribution in [-0.2, 0) is 24.6 Å². The molecule has 0 bridgehead atoms. The zero-order valence-corrected chi connectivity index (χ0v) is 33.9. The number of halogens is 1. The Bertz CT molecular complexity index is 1930. The Morgan fingerprint density at radius 3 is 2.52 bits per heavy atom. The molecule has 0 spiro atoms. The van der Waals surface area contributed by atoms with Crippen LogP contribution in [0.2, 0.25) is 5.02 Å². The lowest BCUT2D eigenvalue weighted by molar-refractivity contribution is -0.113. The number of piperidine rings is 1. The Labute approximate surface area is 336 Å². The van der Waals surface area contributed by atoms with Crippen LogP contribution in [0, 0.1) is 18.3 Å². The summed E-state index contributed by atoms with van der Waals surface area (Å²) in [4.78, 5) is 20.7. The topological polar surface area (TPSA) is 117 Å². The summed E-state index contributed by atoms with van der Waals surface area (Å²) in [6.45, 7) is 11.9. The van der Waals surface area contributed by atoms with E-state index < -0.39 is 0 Å². The maximum absolute atomic E-state index is 11.9. The van der Waals surface area contributed by atoms with Gasteiger partial charge in [0.1, 0.15) is 49.8 Å². The monoisotopic (exact) mass is 782 g/mol.